The van der Waals surface area contributed by atoms with Crippen LogP contribution in [0.3, 0.4) is 0 Å². The van der Waals surface area contributed by atoms with Gasteiger partial charge in [0.05, 0.1) is 0 Å². The number of hydrogen-bond acceptors (Lipinski definition) is 6. The highest BCUT2D eigenvalue weighted by molar-refractivity contribution is 6.65. The van der Waals surface area contributed by atoms with Gasteiger partial charge in [-0.2, -0.15) is 0 Å². The van der Waals surface area contributed by atoms with E-state index >= 15 is 0 Å². The Balaban J connectivity index is 2.14. The molecule has 137 valence electrons. The maximum absolute atomic E-state index is 5.74. The zero-order valence-corrected chi connectivity index (χ0v) is 18.6. The first-order valence-corrected chi connectivity index (χ1v) is 14.0. The third-order valence-corrected chi connectivity index (χ3v) is 12.8. The Morgan fingerprint density at radius 3 is 2.13 bits per heavy atom. The van der Waals surface area contributed by atoms with Crippen LogP contribution in [0.2, 0.25) is 24.2 Å². The van der Waals surface area contributed by atoms with Crippen molar-refractivity contribution in [2.24, 2.45) is 0 Å². The highest BCUT2D eigenvalue weighted by Crippen LogP contribution is 2.27. The molecule has 0 aliphatic carbocycles. The molecule has 0 atom stereocenters. The summed E-state index contributed by atoms with van der Waals surface area (Å²) in [5, 5.41) is 0. The largest absolute Gasteiger partial charge is 0.500 e. The molecule has 1 saturated heterocycles. The lowest BCUT2D eigenvalue weighted by atomic mass is 10.4. The fraction of sp³-hybridized carbons (Fsp3) is 1.00. The highest BCUT2D eigenvalue weighted by atomic mass is 28.4. The summed E-state index contributed by atoms with van der Waals surface area (Å²) in [6.07, 6.45) is 3.59. The molecule has 0 N–H and O–H groups in total. The molecule has 0 saturated carbocycles. The molecule has 0 aromatic rings. The molecule has 23 heavy (non-hydrogen) atoms. The van der Waals surface area contributed by atoms with Crippen molar-refractivity contribution in [3.63, 3.8) is 0 Å². The average Bonchev–Trinajstić information content (AvgIpc) is 3.01. The molecule has 1 radical (unpaired) electrons. The summed E-state index contributed by atoms with van der Waals surface area (Å²) in [6, 6.07) is 4.63. The summed E-state index contributed by atoms with van der Waals surface area (Å²) >= 11 is 0. The minimum absolute atomic E-state index is 0.493. The second-order valence-corrected chi connectivity index (χ2v) is 14.0. The van der Waals surface area contributed by atoms with Crippen molar-refractivity contribution in [3.05, 3.63) is 0 Å². The van der Waals surface area contributed by atoms with E-state index in [1.54, 1.807) is 35.5 Å². The van der Waals surface area contributed by atoms with Gasteiger partial charge in [0.1, 0.15) is 0 Å². The molecule has 1 fully saturated rings. The molecule has 0 aromatic heterocycles. The minimum Gasteiger partial charge on any atom is -0.386 e. The predicted molar refractivity (Wildman–Crippen MR) is 98.4 cm³/mol. The summed E-state index contributed by atoms with van der Waals surface area (Å²) in [6.45, 7) is 2.25. The fourth-order valence-electron chi connectivity index (χ4n) is 3.24. The van der Waals surface area contributed by atoms with Crippen LogP contribution in [-0.4, -0.2) is 80.3 Å². The van der Waals surface area contributed by atoms with Crippen molar-refractivity contribution in [3.8, 4) is 0 Å². The number of nitrogens with zero attached hydrogens (tertiary/aromatic N) is 1. The molecule has 1 heterocycles. The minimum atomic E-state index is -2.36. The van der Waals surface area contributed by atoms with E-state index in [4.69, 9.17) is 22.1 Å². The third kappa shape index (κ3) is 6.01. The van der Waals surface area contributed by atoms with Gasteiger partial charge in [-0.25, -0.2) is 0 Å². The second kappa shape index (κ2) is 11.1. The van der Waals surface area contributed by atoms with Crippen LogP contribution in [0, 0.1) is 0 Å². The Bertz CT molecular complexity index is 309. The van der Waals surface area contributed by atoms with Crippen molar-refractivity contribution < 1.29 is 22.1 Å². The molecule has 6 nitrogen and oxygen atoms in total. The molecule has 0 unspecified atom stereocenters. The van der Waals surface area contributed by atoms with E-state index in [0.717, 1.165) is 31.6 Å². The molecule has 0 bridgehead atoms. The van der Waals surface area contributed by atoms with Crippen LogP contribution in [0.25, 0.3) is 0 Å². The van der Waals surface area contributed by atoms with Crippen LogP contribution in [-0.2, 0) is 22.1 Å². The molecule has 1 aliphatic rings. The molecule has 0 aromatic carbocycles. The first-order valence-electron chi connectivity index (χ1n) is 8.44. The van der Waals surface area contributed by atoms with Gasteiger partial charge in [-0.1, -0.05) is 18.5 Å². The molecule has 0 amide bonds. The maximum atomic E-state index is 5.74. The normalized spacial score (nSPS) is 18.7. The first-order chi connectivity index (χ1) is 11.1. The van der Waals surface area contributed by atoms with Crippen LogP contribution < -0.4 is 0 Å². The summed E-state index contributed by atoms with van der Waals surface area (Å²) < 4.78 is 30.3. The lowest BCUT2D eigenvalue weighted by Crippen LogP contribution is -2.53. The summed E-state index contributed by atoms with van der Waals surface area (Å²) in [7, 11) is 4.77. The van der Waals surface area contributed by atoms with Crippen LogP contribution >= 0.6 is 0 Å². The van der Waals surface area contributed by atoms with Gasteiger partial charge in [-0.3, -0.25) is 4.57 Å². The predicted octanol–water partition coefficient (Wildman–Crippen LogP) is 1.86. The number of rotatable bonds is 13. The average molecular weight is 381 g/mol. The van der Waals surface area contributed by atoms with Crippen LogP contribution in [0.5, 0.6) is 0 Å². The van der Waals surface area contributed by atoms with E-state index < -0.39 is 17.5 Å². The van der Waals surface area contributed by atoms with E-state index in [-0.39, 0.29) is 0 Å². The van der Waals surface area contributed by atoms with Gasteiger partial charge >= 0.3 is 17.5 Å². The SMILES string of the molecule is CO[Si](CCC[SiH]CCCN1CCC[Si]1(OC)OC)(OC)OC. The van der Waals surface area contributed by atoms with Gasteiger partial charge in [0.2, 0.25) is 0 Å². The van der Waals surface area contributed by atoms with E-state index in [2.05, 4.69) is 4.57 Å². The van der Waals surface area contributed by atoms with Gasteiger partial charge in [-0.15, -0.1) is 0 Å². The Hall–Kier alpha value is 0.411. The van der Waals surface area contributed by atoms with Crippen LogP contribution in [0.1, 0.15) is 19.3 Å². The zero-order chi connectivity index (χ0) is 17.2. The van der Waals surface area contributed by atoms with Gasteiger partial charge in [-0.05, 0) is 25.9 Å². The molecule has 9 heteroatoms. The quantitative estimate of drug-likeness (QED) is 0.359. The molecular weight excluding hydrogens is 346 g/mol. The Morgan fingerprint density at radius 1 is 0.957 bits per heavy atom. The lowest BCUT2D eigenvalue weighted by Gasteiger charge is -2.31. The molecule has 0 spiro atoms. The second-order valence-electron chi connectivity index (χ2n) is 5.83. The van der Waals surface area contributed by atoms with Gasteiger partial charge < -0.3 is 22.1 Å². The van der Waals surface area contributed by atoms with Crippen molar-refractivity contribution in [2.75, 3.05) is 48.6 Å². The van der Waals surface area contributed by atoms with Crippen molar-refractivity contribution >= 4 is 27.0 Å². The van der Waals surface area contributed by atoms with E-state index in [1.807, 2.05) is 0 Å². The summed E-state index contributed by atoms with van der Waals surface area (Å²) in [4.78, 5) is 0. The Morgan fingerprint density at radius 2 is 1.57 bits per heavy atom. The standard InChI is InChI=1S/C14H34NO5Si3/c1-16-22(17-2)13-7-10-15(22)9-6-11-21-12-8-14-23(18-3,19-4)20-5/h21H,6-14H2,1-5H3. The van der Waals surface area contributed by atoms with Crippen LogP contribution in [0.15, 0.2) is 0 Å². The summed E-state index contributed by atoms with van der Waals surface area (Å²) in [5.41, 5.74) is 0. The van der Waals surface area contributed by atoms with Crippen molar-refractivity contribution in [2.45, 2.75) is 43.4 Å². The van der Waals surface area contributed by atoms with Gasteiger partial charge in [0.25, 0.3) is 0 Å². The Labute approximate surface area is 146 Å². The highest BCUT2D eigenvalue weighted by Gasteiger charge is 2.46. The number of hydrogen-bond donors (Lipinski definition) is 0. The smallest absolute Gasteiger partial charge is 0.386 e. The van der Waals surface area contributed by atoms with E-state index in [9.17, 15) is 0 Å². The monoisotopic (exact) mass is 380 g/mol. The maximum Gasteiger partial charge on any atom is 0.500 e. The molecule has 1 aliphatic heterocycles. The summed E-state index contributed by atoms with van der Waals surface area (Å²) in [5.74, 6) is 0. The third-order valence-electron chi connectivity index (χ3n) is 4.70. The van der Waals surface area contributed by atoms with Crippen molar-refractivity contribution in [1.29, 1.82) is 0 Å². The topological polar surface area (TPSA) is 49.4 Å². The lowest BCUT2D eigenvalue weighted by molar-refractivity contribution is 0.123. The van der Waals surface area contributed by atoms with E-state index in [1.165, 1.54) is 24.9 Å². The van der Waals surface area contributed by atoms with Gasteiger partial charge in [0, 0.05) is 57.2 Å². The van der Waals surface area contributed by atoms with Gasteiger partial charge in [0.15, 0.2) is 0 Å². The molecular formula is C14H34NO5Si3. The fourth-order valence-corrected chi connectivity index (χ4v) is 9.66. The first kappa shape index (κ1) is 21.5. The van der Waals surface area contributed by atoms with Crippen LogP contribution in [0.4, 0.5) is 0 Å². The van der Waals surface area contributed by atoms with E-state index in [0.29, 0.717) is 9.52 Å². The van der Waals surface area contributed by atoms with Crippen molar-refractivity contribution in [1.82, 2.24) is 4.57 Å². The molecule has 1 rings (SSSR count). The zero-order valence-electron chi connectivity index (χ0n) is 15.4. The Kier molecular flexibility index (Phi) is 10.4.